The average molecular weight is 614 g/mol. The van der Waals surface area contributed by atoms with Crippen LogP contribution in [0, 0.1) is 0 Å². The number of aromatic hydroxyl groups is 2. The Morgan fingerprint density at radius 2 is 1.11 bits per heavy atom. The molecule has 2 aromatic carbocycles. The molecule has 0 amide bonds. The molecule has 2 aromatic rings. The van der Waals surface area contributed by atoms with E-state index >= 15 is 0 Å². The van der Waals surface area contributed by atoms with E-state index in [1.165, 1.54) is 13.8 Å². The van der Waals surface area contributed by atoms with Crippen molar-refractivity contribution in [2.75, 3.05) is 0 Å². The first-order valence-corrected chi connectivity index (χ1v) is 14.7. The van der Waals surface area contributed by atoms with Crippen molar-refractivity contribution in [3.8, 4) is 11.5 Å². The number of phenolic OH excluding ortho intramolecular Hbond substituents is 2. The van der Waals surface area contributed by atoms with E-state index < -0.39 is 158 Å². The monoisotopic (exact) mass is 611 g/mol. The van der Waals surface area contributed by atoms with Crippen LogP contribution in [0.3, 0.4) is 0 Å². The number of hydrogen-bond donors (Lipinski definition) is 2. The van der Waals surface area contributed by atoms with Gasteiger partial charge >= 0.3 is 11.4 Å². The van der Waals surface area contributed by atoms with Crippen LogP contribution in [-0.2, 0) is 16.2 Å². The second-order valence-corrected chi connectivity index (χ2v) is 14.5. The lowest BCUT2D eigenvalue weighted by atomic mass is 9.80. The van der Waals surface area contributed by atoms with Gasteiger partial charge in [0.25, 0.3) is 0 Å². The maximum absolute atomic E-state index is 10.3. The van der Waals surface area contributed by atoms with Gasteiger partial charge in [-0.05, 0) is 71.6 Å². The van der Waals surface area contributed by atoms with E-state index in [9.17, 15) is 10.2 Å². The van der Waals surface area contributed by atoms with Crippen molar-refractivity contribution in [3.05, 3.63) is 59.0 Å². The second-order valence-electron chi connectivity index (χ2n) is 7.48. The third-order valence-corrected chi connectivity index (χ3v) is 3.03. The van der Waals surface area contributed by atoms with E-state index in [4.69, 9.17) is 84.2 Å². The Kier molecular flexibility index (Phi) is 4.23. The van der Waals surface area contributed by atoms with Crippen molar-refractivity contribution in [3.63, 3.8) is 0 Å². The first-order chi connectivity index (χ1) is 28.3. The largest absolute Gasteiger partial charge is 0.643 e. The van der Waals surface area contributed by atoms with Gasteiger partial charge in [0.05, 0.1) is 9.60 Å². The summed E-state index contributed by atoms with van der Waals surface area (Å²) in [5, 5.41) is 19.8. The quantitative estimate of drug-likeness (QED) is 0.229. The first-order valence-electron chi connectivity index (χ1n) is 24.5. The lowest BCUT2D eigenvalue weighted by Crippen LogP contribution is -2.16. The van der Waals surface area contributed by atoms with E-state index in [0.29, 0.717) is 0 Å². The Balaban J connectivity index is 0. The van der Waals surface area contributed by atoms with Crippen LogP contribution in [0.15, 0.2) is 42.3 Å². The summed E-state index contributed by atoms with van der Waals surface area (Å²) in [6.07, 6.45) is 0. The molecule has 0 aliphatic carbocycles. The van der Waals surface area contributed by atoms with Crippen molar-refractivity contribution in [1.29, 1.82) is 0 Å². The van der Waals surface area contributed by atoms with Gasteiger partial charge < -0.3 is 10.2 Å². The fraction of sp³-hybridized carbons (Fsp3) is 0.571. The molecule has 0 heterocycles. The van der Waals surface area contributed by atoms with Crippen LogP contribution < -0.4 is 0 Å². The van der Waals surface area contributed by atoms with E-state index in [2.05, 4.69) is 0 Å². The maximum atomic E-state index is 10.3. The molecule has 0 saturated heterocycles. The summed E-state index contributed by atoms with van der Waals surface area (Å²) in [7, 11) is 14.8. The van der Waals surface area contributed by atoms with Gasteiger partial charge in [0.1, 0.15) is 11.5 Å². The van der Waals surface area contributed by atoms with Crippen molar-refractivity contribution in [2.24, 2.45) is 0 Å². The Labute approximate surface area is 280 Å². The molecular weight excluding hydrogens is 537 g/mol. The molecule has 0 radical (unpaired) electrons. The van der Waals surface area contributed by atoms with Gasteiger partial charge in [-0.15, -0.1) is 11.6 Å². The molecule has 0 atom stereocenters. The molecule has 0 saturated carbocycles. The summed E-state index contributed by atoms with van der Waals surface area (Å²) < 4.78 is 231. The summed E-state index contributed by atoms with van der Waals surface area (Å²) >= 11 is 3.56. The fourth-order valence-corrected chi connectivity index (χ4v) is 1.63. The molecule has 2 N–H and O–H groups in total. The number of rotatable bonds is 0. The molecule has 0 unspecified atom stereocenters. The van der Waals surface area contributed by atoms with Crippen molar-refractivity contribution in [1.82, 2.24) is 0 Å². The molecule has 35 heavy (non-hydrogen) atoms. The van der Waals surface area contributed by atoms with Crippen molar-refractivity contribution < 1.29 is 52.7 Å². The number of alkyl halides is 1. The molecule has 0 aliphatic heterocycles. The molecule has 0 spiro atoms. The molecule has 0 aromatic heterocycles. The smallest absolute Gasteiger partial charge is 0.508 e. The molecule has 7 heteroatoms. The van der Waals surface area contributed by atoms with E-state index in [0.717, 1.165) is 13.8 Å². The van der Waals surface area contributed by atoms with Gasteiger partial charge in [0, 0.05) is 37.8 Å². The van der Waals surface area contributed by atoms with Crippen LogP contribution in [-0.4, -0.2) is 26.5 Å². The molecule has 2 nitrogen and oxygen atoms in total. The third kappa shape index (κ3) is 20.5. The van der Waals surface area contributed by atoms with E-state index in [-0.39, 0.29) is 0 Å². The number of halogens is 4. The highest BCUT2D eigenvalue weighted by atomic mass is 35.8. The highest BCUT2D eigenvalue weighted by Crippen LogP contribution is 2.34. The molecule has 200 valence electrons. The number of phenols is 2. The summed E-state index contributed by atoms with van der Waals surface area (Å²) in [6.45, 7) is -21.2. The lowest BCUT2D eigenvalue weighted by Gasteiger charge is -2.25. The molecular formula is C28H45AlCl4O2. The second kappa shape index (κ2) is 15.2. The average Bonchev–Trinajstić information content (AvgIpc) is 3.04. The predicted molar refractivity (Wildman–Crippen MR) is 161 cm³/mol. The third-order valence-electron chi connectivity index (χ3n) is 3.03. The Morgan fingerprint density at radius 1 is 0.686 bits per heavy atom. The van der Waals surface area contributed by atoms with Gasteiger partial charge in [0.2, 0.25) is 0 Å². The molecule has 0 aliphatic rings. The highest BCUT2D eigenvalue weighted by molar-refractivity contribution is 7.54. The maximum Gasteiger partial charge on any atom is 0.643 e. The standard InChI is InChI=1S/C14H22O.C10H14O.C4H9Cl.Al.3ClH/c1-13(2,3)10-7-8-12(15)11(9-10)14(4,5)6;1-10(2,3)8-4-6-9(11)7-5-8;1-4(2,3)5;;;;/h7-9,15H,1-6H3;4-7,11H,1-3H3;1-3H3;;3*1H/q;;;+3;;;/p-3/i1D3,4D3,5D3,7D,8D,9D;1D3,2D3,4D,5D,6D,7D;1D3,2D3,3D3;;;;. The van der Waals surface area contributed by atoms with Gasteiger partial charge in [0.15, 0.2) is 0 Å². The van der Waals surface area contributed by atoms with Crippen LogP contribution >= 0.6 is 41.7 Å². The van der Waals surface area contributed by atoms with Gasteiger partial charge in [-0.2, -0.15) is 0 Å². The van der Waals surface area contributed by atoms with Gasteiger partial charge in [-0.1, -0.05) is 86.1 Å². The van der Waals surface area contributed by atoms with Crippen LogP contribution in [0.1, 0.15) is 142 Å². The van der Waals surface area contributed by atoms with E-state index in [1.54, 1.807) is 0 Å². The minimum absolute atomic E-state index is 0.514. The van der Waals surface area contributed by atoms with E-state index in [1.807, 2.05) is 0 Å². The summed E-state index contributed by atoms with van der Waals surface area (Å²) in [4.78, 5) is -3.22. The Bertz CT molecular complexity index is 1910. The summed E-state index contributed by atoms with van der Waals surface area (Å²) in [6, 6.07) is -6.04. The zero-order valence-electron chi connectivity index (χ0n) is 50.0. The predicted octanol–water partition coefficient (Wildman–Crippen LogP) is 10.4. The fourth-order valence-electron chi connectivity index (χ4n) is 1.63. The minimum atomic E-state index is -3.29. The molecule has 0 fully saturated rings. The minimum Gasteiger partial charge on any atom is -0.508 e. The summed E-state index contributed by atoms with van der Waals surface area (Å²) in [5.41, 5.74) is -9.38. The van der Waals surface area contributed by atoms with Crippen LogP contribution in [0.2, 0.25) is 0 Å². The topological polar surface area (TPSA) is 40.5 Å². The SMILES string of the molecule is [2H]C([2H])([2H])C(Cl)(C([2H])([2H])[2H])C([2H])([2H])[2H].[2H]c1c([2H])c(C(C)(C([2H])([2H])[2H])C([2H])([2H])[2H])c([2H])c([2H])c1O.[2H]c1c([2H])c(C(C)(C)C([2H])([2H])[2H])c([2H])c(C(C)(C([2H])([2H])[2H])C([2H])([2H])[2H])c1O.[Cl][Al]([Cl])[Cl]. The van der Waals surface area contributed by atoms with Crippen molar-refractivity contribution >= 4 is 53.1 Å². The molecule has 2 rings (SSSR count). The summed E-state index contributed by atoms with van der Waals surface area (Å²) in [5.74, 6) is -2.07. The normalized spacial score (nSPS) is 27.5. The highest BCUT2D eigenvalue weighted by Gasteiger charge is 2.21. The first kappa shape index (κ1) is 9.73. The van der Waals surface area contributed by atoms with Crippen molar-refractivity contribution in [2.45, 2.75) is 104 Å². The zero-order chi connectivity index (χ0) is 54.5. The van der Waals surface area contributed by atoms with Gasteiger partial charge in [-0.25, -0.2) is 30.1 Å². The molecule has 0 bridgehead atoms. The number of hydrogen-bond acceptors (Lipinski definition) is 2. The Morgan fingerprint density at radius 3 is 1.49 bits per heavy atom. The van der Waals surface area contributed by atoms with Crippen LogP contribution in [0.4, 0.5) is 0 Å². The van der Waals surface area contributed by atoms with Gasteiger partial charge in [-0.3, -0.25) is 0 Å². The zero-order valence-corrected chi connectivity index (χ0v) is 23.2. The Hall–Kier alpha value is -0.268. The lowest BCUT2D eigenvalue weighted by molar-refractivity contribution is 0.444. The number of benzene rings is 2. The van der Waals surface area contributed by atoms with Crippen LogP contribution in [0.5, 0.6) is 11.5 Å². The van der Waals surface area contributed by atoms with Crippen LogP contribution in [0.25, 0.3) is 0 Å².